The van der Waals surface area contributed by atoms with Crippen LogP contribution in [-0.2, 0) is 4.74 Å². The normalized spacial score (nSPS) is 24.6. The first-order valence-corrected chi connectivity index (χ1v) is 8.15. The highest BCUT2D eigenvalue weighted by Gasteiger charge is 2.46. The first-order chi connectivity index (χ1) is 9.85. The van der Waals surface area contributed by atoms with Crippen LogP contribution < -0.4 is 4.90 Å². The van der Waals surface area contributed by atoms with Gasteiger partial charge in [-0.3, -0.25) is 0 Å². The number of carbonyl (C=O) groups excluding carboxylic acids is 1. The van der Waals surface area contributed by atoms with Crippen LogP contribution in [0.15, 0.2) is 28.7 Å². The Morgan fingerprint density at radius 3 is 2.52 bits per heavy atom. The summed E-state index contributed by atoms with van der Waals surface area (Å²) in [6.07, 6.45) is 0.849. The van der Waals surface area contributed by atoms with Crippen molar-refractivity contribution >= 4 is 27.7 Å². The number of likely N-dealkylation sites (tertiary alicyclic amines) is 1. The number of amides is 1. The van der Waals surface area contributed by atoms with Crippen LogP contribution in [-0.4, -0.2) is 41.8 Å². The summed E-state index contributed by atoms with van der Waals surface area (Å²) in [6, 6.07) is 8.92. The number of nitrogens with zero attached hydrogens (tertiary/aromatic N) is 2. The van der Waals surface area contributed by atoms with Gasteiger partial charge in [-0.05, 0) is 55.3 Å². The summed E-state index contributed by atoms with van der Waals surface area (Å²) >= 11 is 3.61. The molecule has 0 saturated carbocycles. The van der Waals surface area contributed by atoms with Crippen LogP contribution in [0.2, 0.25) is 0 Å². The standard InChI is InChI=1S/C16H21BrN2O2/c1-16(2,3)21-15(20)19-10-11-8-12(19)9-18(11)14-7-5-4-6-13(14)17/h4-7,11-12H,8-10H2,1-3H3/t11?,12-/m0/s1. The van der Waals surface area contributed by atoms with Gasteiger partial charge in [0.15, 0.2) is 0 Å². The molecule has 0 aliphatic carbocycles. The molecule has 2 heterocycles. The molecule has 5 heteroatoms. The summed E-state index contributed by atoms with van der Waals surface area (Å²) in [5, 5.41) is 0. The largest absolute Gasteiger partial charge is 0.444 e. The van der Waals surface area contributed by atoms with E-state index in [0.717, 1.165) is 24.0 Å². The Hall–Kier alpha value is -1.23. The number of fused-ring (bicyclic) bond motifs is 2. The highest BCUT2D eigenvalue weighted by atomic mass is 79.9. The number of halogens is 1. The number of para-hydroxylation sites is 1. The van der Waals surface area contributed by atoms with Crippen molar-refractivity contribution in [3.05, 3.63) is 28.7 Å². The maximum atomic E-state index is 12.2. The Labute approximate surface area is 134 Å². The number of benzene rings is 1. The van der Waals surface area contributed by atoms with Crippen molar-refractivity contribution in [1.82, 2.24) is 4.90 Å². The molecule has 0 aromatic heterocycles. The van der Waals surface area contributed by atoms with Gasteiger partial charge >= 0.3 is 6.09 Å². The third kappa shape index (κ3) is 2.89. The topological polar surface area (TPSA) is 32.8 Å². The number of piperazine rings is 1. The summed E-state index contributed by atoms with van der Waals surface area (Å²) in [7, 11) is 0. The Bertz CT molecular complexity index is 555. The Morgan fingerprint density at radius 1 is 1.24 bits per heavy atom. The second kappa shape index (κ2) is 5.20. The molecule has 2 aliphatic heterocycles. The SMILES string of the molecule is CC(C)(C)OC(=O)N1CC2C[C@H]1CN2c1ccccc1Br. The Balaban J connectivity index is 1.70. The Morgan fingerprint density at radius 2 is 1.95 bits per heavy atom. The molecule has 1 aromatic rings. The Kier molecular flexibility index (Phi) is 3.64. The molecule has 4 nitrogen and oxygen atoms in total. The second-order valence-corrected chi connectivity index (χ2v) is 7.63. The summed E-state index contributed by atoms with van der Waals surface area (Å²) in [6.45, 7) is 7.36. The van der Waals surface area contributed by atoms with Crippen molar-refractivity contribution in [3.8, 4) is 0 Å². The maximum absolute atomic E-state index is 12.2. The van der Waals surface area contributed by atoms with Crippen LogP contribution in [0, 0.1) is 0 Å². The molecule has 114 valence electrons. The fourth-order valence-electron chi connectivity index (χ4n) is 3.19. The van der Waals surface area contributed by atoms with Crippen molar-refractivity contribution in [3.63, 3.8) is 0 Å². The zero-order valence-electron chi connectivity index (χ0n) is 12.7. The quantitative estimate of drug-likeness (QED) is 0.773. The van der Waals surface area contributed by atoms with Gasteiger partial charge in [-0.25, -0.2) is 4.79 Å². The molecule has 0 N–H and O–H groups in total. The van der Waals surface area contributed by atoms with E-state index in [1.165, 1.54) is 5.69 Å². The van der Waals surface area contributed by atoms with Crippen LogP contribution in [0.1, 0.15) is 27.2 Å². The zero-order valence-corrected chi connectivity index (χ0v) is 14.3. The lowest BCUT2D eigenvalue weighted by Gasteiger charge is -2.36. The van der Waals surface area contributed by atoms with Gasteiger partial charge in [-0.15, -0.1) is 0 Å². The van der Waals surface area contributed by atoms with E-state index in [2.05, 4.69) is 39.0 Å². The van der Waals surface area contributed by atoms with Crippen LogP contribution in [0.5, 0.6) is 0 Å². The van der Waals surface area contributed by atoms with Crippen molar-refractivity contribution in [2.45, 2.75) is 44.9 Å². The number of ether oxygens (including phenoxy) is 1. The number of hydrogen-bond donors (Lipinski definition) is 0. The van der Waals surface area contributed by atoms with E-state index in [4.69, 9.17) is 4.74 Å². The van der Waals surface area contributed by atoms with E-state index >= 15 is 0 Å². The van der Waals surface area contributed by atoms with Crippen LogP contribution in [0.3, 0.4) is 0 Å². The van der Waals surface area contributed by atoms with Gasteiger partial charge in [-0.2, -0.15) is 0 Å². The van der Waals surface area contributed by atoms with Crippen molar-refractivity contribution in [1.29, 1.82) is 0 Å². The zero-order chi connectivity index (χ0) is 15.2. The number of carbonyl (C=O) groups is 1. The molecule has 0 spiro atoms. The third-order valence-corrected chi connectivity index (χ3v) is 4.70. The number of anilines is 1. The molecule has 3 rings (SSSR count). The summed E-state index contributed by atoms with van der Waals surface area (Å²) in [4.78, 5) is 16.5. The minimum Gasteiger partial charge on any atom is -0.444 e. The van der Waals surface area contributed by atoms with Crippen molar-refractivity contribution < 1.29 is 9.53 Å². The first kappa shape index (κ1) is 14.7. The maximum Gasteiger partial charge on any atom is 0.410 e. The van der Waals surface area contributed by atoms with Gasteiger partial charge in [0.2, 0.25) is 0 Å². The lowest BCUT2D eigenvalue weighted by Crippen LogP contribution is -2.50. The molecule has 2 bridgehead atoms. The van der Waals surface area contributed by atoms with Crippen LogP contribution in [0.25, 0.3) is 0 Å². The van der Waals surface area contributed by atoms with E-state index in [1.807, 2.05) is 31.7 Å². The van der Waals surface area contributed by atoms with Crippen molar-refractivity contribution in [2.24, 2.45) is 0 Å². The predicted octanol–water partition coefficient (Wildman–Crippen LogP) is 3.65. The molecule has 21 heavy (non-hydrogen) atoms. The minimum absolute atomic E-state index is 0.179. The average Bonchev–Trinajstić information content (AvgIpc) is 2.96. The molecule has 2 atom stereocenters. The lowest BCUT2D eigenvalue weighted by molar-refractivity contribution is 0.0215. The smallest absolute Gasteiger partial charge is 0.410 e. The van der Waals surface area contributed by atoms with Gasteiger partial charge in [-0.1, -0.05) is 12.1 Å². The fourth-order valence-corrected chi connectivity index (χ4v) is 3.70. The molecule has 0 radical (unpaired) electrons. The van der Waals surface area contributed by atoms with E-state index in [-0.39, 0.29) is 12.1 Å². The fraction of sp³-hybridized carbons (Fsp3) is 0.562. The molecule has 2 saturated heterocycles. The number of hydrogen-bond acceptors (Lipinski definition) is 3. The molecular formula is C16H21BrN2O2. The molecular weight excluding hydrogens is 332 g/mol. The first-order valence-electron chi connectivity index (χ1n) is 7.36. The monoisotopic (exact) mass is 352 g/mol. The minimum atomic E-state index is -0.430. The summed E-state index contributed by atoms with van der Waals surface area (Å²) < 4.78 is 6.61. The lowest BCUT2D eigenvalue weighted by atomic mass is 10.2. The second-order valence-electron chi connectivity index (χ2n) is 6.78. The van der Waals surface area contributed by atoms with Gasteiger partial charge < -0.3 is 14.5 Å². The summed E-state index contributed by atoms with van der Waals surface area (Å²) in [5.41, 5.74) is 0.787. The van der Waals surface area contributed by atoms with Crippen LogP contribution in [0.4, 0.5) is 10.5 Å². The molecule has 1 aromatic carbocycles. The molecule has 1 unspecified atom stereocenters. The van der Waals surface area contributed by atoms with Gasteiger partial charge in [0.25, 0.3) is 0 Å². The average molecular weight is 353 g/mol. The van der Waals surface area contributed by atoms with Gasteiger partial charge in [0, 0.05) is 23.6 Å². The van der Waals surface area contributed by atoms with E-state index < -0.39 is 5.60 Å². The van der Waals surface area contributed by atoms with Crippen molar-refractivity contribution in [2.75, 3.05) is 18.0 Å². The van der Waals surface area contributed by atoms with E-state index in [9.17, 15) is 4.79 Å². The van der Waals surface area contributed by atoms with E-state index in [1.54, 1.807) is 0 Å². The van der Waals surface area contributed by atoms with Crippen LogP contribution >= 0.6 is 15.9 Å². The molecule has 2 aliphatic rings. The third-order valence-electron chi connectivity index (χ3n) is 4.03. The predicted molar refractivity (Wildman–Crippen MR) is 86.6 cm³/mol. The molecule has 1 amide bonds. The number of rotatable bonds is 1. The van der Waals surface area contributed by atoms with E-state index in [0.29, 0.717) is 6.04 Å². The summed E-state index contributed by atoms with van der Waals surface area (Å²) in [5.74, 6) is 0. The molecule has 2 fully saturated rings. The van der Waals surface area contributed by atoms with Gasteiger partial charge in [0.1, 0.15) is 5.60 Å². The highest BCUT2D eigenvalue weighted by Crippen LogP contribution is 2.38. The highest BCUT2D eigenvalue weighted by molar-refractivity contribution is 9.10. The van der Waals surface area contributed by atoms with Gasteiger partial charge in [0.05, 0.1) is 11.7 Å².